The predicted octanol–water partition coefficient (Wildman–Crippen LogP) is 2.79. The third-order valence-corrected chi connectivity index (χ3v) is 5.50. The van der Waals surface area contributed by atoms with Crippen LogP contribution in [0.4, 0.5) is 0 Å². The summed E-state index contributed by atoms with van der Waals surface area (Å²) < 4.78 is 3.32. The monoisotopic (exact) mass is 342 g/mol. The summed E-state index contributed by atoms with van der Waals surface area (Å²) >= 11 is 3.74. The van der Waals surface area contributed by atoms with Crippen LogP contribution in [0.25, 0.3) is 0 Å². The van der Waals surface area contributed by atoms with E-state index < -0.39 is 0 Å². The van der Waals surface area contributed by atoms with Crippen molar-refractivity contribution in [2.24, 2.45) is 11.7 Å². The van der Waals surface area contributed by atoms with Crippen molar-refractivity contribution in [3.8, 4) is 0 Å². The van der Waals surface area contributed by atoms with E-state index in [1.165, 1.54) is 29.4 Å². The maximum Gasteiger partial charge on any atom is 0.0767 e. The molecule has 0 amide bonds. The Morgan fingerprint density at radius 2 is 2.15 bits per heavy atom. The van der Waals surface area contributed by atoms with Crippen LogP contribution in [0, 0.1) is 5.92 Å². The fourth-order valence-corrected chi connectivity index (χ4v) is 4.08. The first-order valence-electron chi connectivity index (χ1n) is 7.76. The molecule has 4 nitrogen and oxygen atoms in total. The van der Waals surface area contributed by atoms with Crippen LogP contribution >= 0.6 is 15.9 Å². The van der Waals surface area contributed by atoms with Gasteiger partial charge in [0.2, 0.25) is 0 Å². The van der Waals surface area contributed by atoms with Crippen LogP contribution in [0.2, 0.25) is 0 Å². The zero-order chi connectivity index (χ0) is 14.7. The fraction of sp³-hybridized carbons (Fsp3) is 0.800. The highest BCUT2D eigenvalue weighted by molar-refractivity contribution is 9.10. The minimum Gasteiger partial charge on any atom is -0.330 e. The van der Waals surface area contributed by atoms with Crippen LogP contribution in [-0.4, -0.2) is 34.3 Å². The molecule has 0 bridgehead atoms. The average molecular weight is 343 g/mol. The van der Waals surface area contributed by atoms with E-state index in [0.717, 1.165) is 31.7 Å². The number of aryl methyl sites for hydroxylation is 2. The smallest absolute Gasteiger partial charge is 0.0767 e. The molecule has 5 heteroatoms. The highest BCUT2D eigenvalue weighted by Gasteiger charge is 2.30. The summed E-state index contributed by atoms with van der Waals surface area (Å²) in [4.78, 5) is 2.47. The number of nitrogens with two attached hydrogens (primary N) is 1. The lowest BCUT2D eigenvalue weighted by Crippen LogP contribution is -2.37. The molecule has 2 rings (SSSR count). The Morgan fingerprint density at radius 1 is 1.40 bits per heavy atom. The topological polar surface area (TPSA) is 47.1 Å². The Kier molecular flexibility index (Phi) is 5.64. The summed E-state index contributed by atoms with van der Waals surface area (Å²) in [5.41, 5.74) is 8.38. The third-order valence-electron chi connectivity index (χ3n) is 4.58. The van der Waals surface area contributed by atoms with Gasteiger partial charge in [0.1, 0.15) is 0 Å². The van der Waals surface area contributed by atoms with Gasteiger partial charge in [0, 0.05) is 19.1 Å². The van der Waals surface area contributed by atoms with Gasteiger partial charge in [0.05, 0.1) is 15.9 Å². The summed E-state index contributed by atoms with van der Waals surface area (Å²) in [6.07, 6.45) is 4.83. The van der Waals surface area contributed by atoms with Gasteiger partial charge >= 0.3 is 0 Å². The molecule has 0 spiro atoms. The second-order valence-corrected chi connectivity index (χ2v) is 6.58. The molecule has 0 saturated heterocycles. The van der Waals surface area contributed by atoms with Crippen LogP contribution in [-0.2, 0) is 19.5 Å². The summed E-state index contributed by atoms with van der Waals surface area (Å²) in [6.45, 7) is 6.99. The van der Waals surface area contributed by atoms with E-state index in [1.807, 2.05) is 0 Å². The number of rotatable bonds is 6. The Bertz CT molecular complexity index is 443. The van der Waals surface area contributed by atoms with E-state index in [4.69, 9.17) is 5.73 Å². The standard InChI is InChI=1S/C15H27BrN4/c1-4-12-15(16)14(20(5-2)18-12)10-19(3)13-8-6-7-11(13)9-17/h11,13H,4-10,17H2,1-3H3. The Morgan fingerprint density at radius 3 is 2.75 bits per heavy atom. The lowest BCUT2D eigenvalue weighted by Gasteiger charge is -2.29. The van der Waals surface area contributed by atoms with Crippen molar-refractivity contribution >= 4 is 15.9 Å². The van der Waals surface area contributed by atoms with Crippen LogP contribution in [0.5, 0.6) is 0 Å². The number of hydrogen-bond donors (Lipinski definition) is 1. The molecule has 20 heavy (non-hydrogen) atoms. The van der Waals surface area contributed by atoms with Crippen molar-refractivity contribution < 1.29 is 0 Å². The SMILES string of the molecule is CCc1nn(CC)c(CN(C)C2CCCC2CN)c1Br. The second-order valence-electron chi connectivity index (χ2n) is 5.79. The highest BCUT2D eigenvalue weighted by Crippen LogP contribution is 2.31. The first kappa shape index (κ1) is 16.0. The Labute approximate surface area is 130 Å². The molecular weight excluding hydrogens is 316 g/mol. The first-order chi connectivity index (χ1) is 9.62. The molecule has 0 aliphatic heterocycles. The molecule has 1 fully saturated rings. The van der Waals surface area contributed by atoms with Crippen LogP contribution < -0.4 is 5.73 Å². The van der Waals surface area contributed by atoms with E-state index >= 15 is 0 Å². The fourth-order valence-electron chi connectivity index (χ4n) is 3.39. The quantitative estimate of drug-likeness (QED) is 0.864. The van der Waals surface area contributed by atoms with E-state index in [0.29, 0.717) is 12.0 Å². The first-order valence-corrected chi connectivity index (χ1v) is 8.55. The summed E-state index contributed by atoms with van der Waals surface area (Å²) in [7, 11) is 2.23. The van der Waals surface area contributed by atoms with Crippen molar-refractivity contribution in [1.82, 2.24) is 14.7 Å². The number of nitrogens with zero attached hydrogens (tertiary/aromatic N) is 3. The number of hydrogen-bond acceptors (Lipinski definition) is 3. The summed E-state index contributed by atoms with van der Waals surface area (Å²) in [6, 6.07) is 0.622. The molecule has 1 aromatic heterocycles. The molecular formula is C15H27BrN4. The van der Waals surface area contributed by atoms with Gasteiger partial charge in [-0.3, -0.25) is 9.58 Å². The van der Waals surface area contributed by atoms with Crippen LogP contribution in [0.15, 0.2) is 4.47 Å². The van der Waals surface area contributed by atoms with Crippen molar-refractivity contribution in [3.63, 3.8) is 0 Å². The molecule has 0 aromatic carbocycles. The molecule has 1 heterocycles. The minimum atomic E-state index is 0.622. The van der Waals surface area contributed by atoms with Gasteiger partial charge in [-0.25, -0.2) is 0 Å². The van der Waals surface area contributed by atoms with Gasteiger partial charge < -0.3 is 5.73 Å². The molecule has 1 aromatic rings. The third kappa shape index (κ3) is 3.10. The molecule has 2 unspecified atom stereocenters. The highest BCUT2D eigenvalue weighted by atomic mass is 79.9. The molecule has 2 N–H and O–H groups in total. The zero-order valence-electron chi connectivity index (χ0n) is 12.9. The normalized spacial score (nSPS) is 22.9. The maximum absolute atomic E-state index is 5.91. The lowest BCUT2D eigenvalue weighted by molar-refractivity contribution is 0.187. The van der Waals surface area contributed by atoms with E-state index in [2.05, 4.69) is 51.5 Å². The second kappa shape index (κ2) is 7.05. The zero-order valence-corrected chi connectivity index (χ0v) is 14.5. The van der Waals surface area contributed by atoms with Crippen molar-refractivity contribution in [2.75, 3.05) is 13.6 Å². The lowest BCUT2D eigenvalue weighted by atomic mass is 10.0. The predicted molar refractivity (Wildman–Crippen MR) is 86.6 cm³/mol. The maximum atomic E-state index is 5.91. The van der Waals surface area contributed by atoms with Gasteiger partial charge in [-0.2, -0.15) is 5.10 Å². The molecule has 0 radical (unpaired) electrons. The Balaban J connectivity index is 2.14. The van der Waals surface area contributed by atoms with Gasteiger partial charge in [0.25, 0.3) is 0 Å². The summed E-state index contributed by atoms with van der Waals surface area (Å²) in [5, 5.41) is 4.68. The molecule has 1 aliphatic rings. The van der Waals surface area contributed by atoms with E-state index in [-0.39, 0.29) is 0 Å². The van der Waals surface area contributed by atoms with Crippen LogP contribution in [0.1, 0.15) is 44.5 Å². The van der Waals surface area contributed by atoms with Crippen molar-refractivity contribution in [2.45, 2.75) is 58.7 Å². The summed E-state index contributed by atoms with van der Waals surface area (Å²) in [5.74, 6) is 0.655. The molecule has 2 atom stereocenters. The number of aromatic nitrogens is 2. The molecule has 1 saturated carbocycles. The van der Waals surface area contributed by atoms with Gasteiger partial charge in [-0.1, -0.05) is 13.3 Å². The molecule has 1 aliphatic carbocycles. The van der Waals surface area contributed by atoms with Gasteiger partial charge in [0.15, 0.2) is 0 Å². The van der Waals surface area contributed by atoms with Crippen LogP contribution in [0.3, 0.4) is 0 Å². The van der Waals surface area contributed by atoms with Crippen molar-refractivity contribution in [3.05, 3.63) is 15.9 Å². The van der Waals surface area contributed by atoms with E-state index in [1.54, 1.807) is 0 Å². The van der Waals surface area contributed by atoms with E-state index in [9.17, 15) is 0 Å². The van der Waals surface area contributed by atoms with Gasteiger partial charge in [-0.05, 0) is 61.6 Å². The Hall–Kier alpha value is -0.390. The van der Waals surface area contributed by atoms with Gasteiger partial charge in [-0.15, -0.1) is 0 Å². The van der Waals surface area contributed by atoms with Crippen molar-refractivity contribution in [1.29, 1.82) is 0 Å². The molecule has 114 valence electrons. The largest absolute Gasteiger partial charge is 0.330 e. The number of halogens is 1. The average Bonchev–Trinajstić information content (AvgIpc) is 3.04. The minimum absolute atomic E-state index is 0.622.